The first kappa shape index (κ1) is 19.0. The van der Waals surface area contributed by atoms with Gasteiger partial charge >= 0.3 is 6.61 Å². The molecule has 7 heteroatoms. The maximum atomic E-state index is 12.1. The van der Waals surface area contributed by atoms with Crippen LogP contribution in [-0.4, -0.2) is 48.6 Å². The summed E-state index contributed by atoms with van der Waals surface area (Å²) in [5.74, 6) is 0.0856. The molecule has 1 aliphatic rings. The SMILES string of the molecule is CS[C@H]1CC[C@@H](N(C)CC(=O)NCc2ccc(OC(F)F)cc2)C1. The zero-order valence-electron chi connectivity index (χ0n) is 14.0. The molecule has 4 nitrogen and oxygen atoms in total. The molecule has 0 saturated heterocycles. The number of nitrogens with one attached hydrogen (secondary N) is 1. The topological polar surface area (TPSA) is 41.6 Å². The van der Waals surface area contributed by atoms with Gasteiger partial charge in [0.05, 0.1) is 6.54 Å². The average Bonchev–Trinajstić information content (AvgIpc) is 3.03. The predicted molar refractivity (Wildman–Crippen MR) is 92.5 cm³/mol. The van der Waals surface area contributed by atoms with Crippen LogP contribution in [-0.2, 0) is 11.3 Å². The molecule has 24 heavy (non-hydrogen) atoms. The van der Waals surface area contributed by atoms with Crippen molar-refractivity contribution in [2.75, 3.05) is 19.8 Å². The molecule has 1 saturated carbocycles. The van der Waals surface area contributed by atoms with Gasteiger partial charge < -0.3 is 10.1 Å². The number of hydrogen-bond acceptors (Lipinski definition) is 4. The van der Waals surface area contributed by atoms with Gasteiger partial charge in [-0.1, -0.05) is 12.1 Å². The number of hydrogen-bond donors (Lipinski definition) is 1. The van der Waals surface area contributed by atoms with E-state index in [-0.39, 0.29) is 11.7 Å². The van der Waals surface area contributed by atoms with Gasteiger partial charge in [0.1, 0.15) is 5.75 Å². The number of alkyl halides is 2. The number of ether oxygens (including phenoxy) is 1. The zero-order valence-corrected chi connectivity index (χ0v) is 14.8. The molecule has 0 bridgehead atoms. The van der Waals surface area contributed by atoms with Gasteiger partial charge in [0, 0.05) is 17.8 Å². The standard InChI is InChI=1S/C17H24F2N2O2S/c1-21(13-5-8-15(9-13)24-2)11-16(22)20-10-12-3-6-14(7-4-12)23-17(18)19/h3-4,6-7,13,15,17H,5,8-11H2,1-2H3,(H,20,22)/t13-,15+/m1/s1. The minimum atomic E-state index is -2.83. The Balaban J connectivity index is 1.72. The molecule has 1 fully saturated rings. The minimum Gasteiger partial charge on any atom is -0.435 e. The van der Waals surface area contributed by atoms with Gasteiger partial charge in [-0.15, -0.1) is 0 Å². The molecule has 1 aromatic rings. The summed E-state index contributed by atoms with van der Waals surface area (Å²) in [4.78, 5) is 14.2. The lowest BCUT2D eigenvalue weighted by Gasteiger charge is -2.23. The van der Waals surface area contributed by atoms with Gasteiger partial charge in [-0.25, -0.2) is 0 Å². The van der Waals surface area contributed by atoms with Crippen molar-refractivity contribution in [3.63, 3.8) is 0 Å². The van der Waals surface area contributed by atoms with Crippen molar-refractivity contribution in [1.82, 2.24) is 10.2 Å². The third-order valence-electron chi connectivity index (χ3n) is 4.34. The second-order valence-electron chi connectivity index (χ2n) is 6.04. The van der Waals surface area contributed by atoms with Crippen LogP contribution in [0.1, 0.15) is 24.8 Å². The first-order valence-electron chi connectivity index (χ1n) is 8.01. The maximum absolute atomic E-state index is 12.1. The molecule has 134 valence electrons. The van der Waals surface area contributed by atoms with Crippen molar-refractivity contribution < 1.29 is 18.3 Å². The smallest absolute Gasteiger partial charge is 0.387 e. The molecule has 1 amide bonds. The van der Waals surface area contributed by atoms with Crippen LogP contribution in [0.5, 0.6) is 5.75 Å². The third-order valence-corrected chi connectivity index (χ3v) is 5.44. The van der Waals surface area contributed by atoms with Crippen LogP contribution in [0.3, 0.4) is 0 Å². The quantitative estimate of drug-likeness (QED) is 0.775. The molecule has 0 aromatic heterocycles. The van der Waals surface area contributed by atoms with E-state index in [0.29, 0.717) is 24.4 Å². The largest absolute Gasteiger partial charge is 0.435 e. The molecule has 0 unspecified atom stereocenters. The second kappa shape index (κ2) is 9.22. The molecular weight excluding hydrogens is 334 g/mol. The molecule has 0 spiro atoms. The highest BCUT2D eigenvalue weighted by atomic mass is 32.2. The molecule has 1 aromatic carbocycles. The summed E-state index contributed by atoms with van der Waals surface area (Å²) in [7, 11) is 1.99. The van der Waals surface area contributed by atoms with Gasteiger partial charge in [0.25, 0.3) is 0 Å². The lowest BCUT2D eigenvalue weighted by Crippen LogP contribution is -2.39. The second-order valence-corrected chi connectivity index (χ2v) is 7.18. The fourth-order valence-corrected chi connectivity index (χ4v) is 3.72. The van der Waals surface area contributed by atoms with Gasteiger partial charge in [0.15, 0.2) is 0 Å². The van der Waals surface area contributed by atoms with E-state index in [2.05, 4.69) is 21.2 Å². The van der Waals surface area contributed by atoms with Gasteiger partial charge in [-0.3, -0.25) is 9.69 Å². The zero-order chi connectivity index (χ0) is 17.5. The number of carbonyl (C=O) groups excluding carboxylic acids is 1. The van der Waals surface area contributed by atoms with Crippen molar-refractivity contribution in [3.8, 4) is 5.75 Å². The van der Waals surface area contributed by atoms with Crippen LogP contribution >= 0.6 is 11.8 Å². The van der Waals surface area contributed by atoms with Gasteiger partial charge in [-0.2, -0.15) is 20.5 Å². The van der Waals surface area contributed by atoms with Crippen LogP contribution < -0.4 is 10.1 Å². The summed E-state index contributed by atoms with van der Waals surface area (Å²) in [6.45, 7) is -2.08. The summed E-state index contributed by atoms with van der Waals surface area (Å²) < 4.78 is 28.5. The van der Waals surface area contributed by atoms with E-state index in [1.807, 2.05) is 18.8 Å². The van der Waals surface area contributed by atoms with E-state index in [9.17, 15) is 13.6 Å². The first-order valence-corrected chi connectivity index (χ1v) is 9.30. The lowest BCUT2D eigenvalue weighted by atomic mass is 10.2. The van der Waals surface area contributed by atoms with E-state index in [0.717, 1.165) is 18.4 Å². The van der Waals surface area contributed by atoms with Crippen LogP contribution in [0, 0.1) is 0 Å². The minimum absolute atomic E-state index is 0.0296. The Morgan fingerprint density at radius 1 is 1.38 bits per heavy atom. The number of rotatable bonds is 8. The van der Waals surface area contributed by atoms with Crippen molar-refractivity contribution in [3.05, 3.63) is 29.8 Å². The molecule has 2 atom stereocenters. The average molecular weight is 358 g/mol. The maximum Gasteiger partial charge on any atom is 0.387 e. The Morgan fingerprint density at radius 2 is 2.08 bits per heavy atom. The van der Waals surface area contributed by atoms with Crippen LogP contribution in [0.15, 0.2) is 24.3 Å². The van der Waals surface area contributed by atoms with Crippen molar-refractivity contribution in [2.45, 2.75) is 43.7 Å². The summed E-state index contributed by atoms with van der Waals surface area (Å²) in [5.41, 5.74) is 0.843. The highest BCUT2D eigenvalue weighted by Gasteiger charge is 2.27. The van der Waals surface area contributed by atoms with Crippen molar-refractivity contribution in [1.29, 1.82) is 0 Å². The number of amides is 1. The van der Waals surface area contributed by atoms with Crippen LogP contribution in [0.25, 0.3) is 0 Å². The fraction of sp³-hybridized carbons (Fsp3) is 0.588. The first-order chi connectivity index (χ1) is 11.5. The summed E-state index contributed by atoms with van der Waals surface area (Å²) >= 11 is 1.90. The Hall–Kier alpha value is -1.34. The van der Waals surface area contributed by atoms with Gasteiger partial charge in [0.2, 0.25) is 5.91 Å². The molecule has 2 rings (SSSR count). The normalized spacial score (nSPS) is 20.6. The molecule has 1 aliphatic carbocycles. The summed E-state index contributed by atoms with van der Waals surface area (Å²) in [6, 6.07) is 6.75. The summed E-state index contributed by atoms with van der Waals surface area (Å²) in [5, 5.41) is 3.57. The number of likely N-dealkylation sites (N-methyl/N-ethyl adjacent to an activating group) is 1. The number of thioether (sulfide) groups is 1. The van der Waals surface area contributed by atoms with E-state index >= 15 is 0 Å². The molecule has 0 radical (unpaired) electrons. The molecule has 1 N–H and O–H groups in total. The Labute approximate surface area is 145 Å². The monoisotopic (exact) mass is 358 g/mol. The van der Waals surface area contributed by atoms with E-state index < -0.39 is 6.61 Å². The predicted octanol–water partition coefficient (Wildman–Crippen LogP) is 3.12. The van der Waals surface area contributed by atoms with E-state index in [1.54, 1.807) is 12.1 Å². The summed E-state index contributed by atoms with van der Waals surface area (Å²) in [6.07, 6.45) is 5.62. The number of carbonyl (C=O) groups is 1. The number of halogens is 2. The van der Waals surface area contributed by atoms with Crippen molar-refractivity contribution >= 4 is 17.7 Å². The van der Waals surface area contributed by atoms with Gasteiger partial charge in [-0.05, 0) is 50.3 Å². The fourth-order valence-electron chi connectivity index (χ4n) is 2.93. The Kier molecular flexibility index (Phi) is 7.30. The highest BCUT2D eigenvalue weighted by Crippen LogP contribution is 2.30. The third kappa shape index (κ3) is 5.94. The van der Waals surface area contributed by atoms with Crippen LogP contribution in [0.4, 0.5) is 8.78 Å². The molecule has 0 aliphatic heterocycles. The van der Waals surface area contributed by atoms with Crippen molar-refractivity contribution in [2.24, 2.45) is 0 Å². The van der Waals surface area contributed by atoms with E-state index in [1.165, 1.54) is 18.6 Å². The molecule has 0 heterocycles. The lowest BCUT2D eigenvalue weighted by molar-refractivity contribution is -0.122. The van der Waals surface area contributed by atoms with Crippen LogP contribution in [0.2, 0.25) is 0 Å². The number of nitrogens with zero attached hydrogens (tertiary/aromatic N) is 1. The number of benzene rings is 1. The highest BCUT2D eigenvalue weighted by molar-refractivity contribution is 7.99. The Bertz CT molecular complexity index is 528. The molecular formula is C17H24F2N2O2S. The van der Waals surface area contributed by atoms with E-state index in [4.69, 9.17) is 0 Å². The Morgan fingerprint density at radius 3 is 2.67 bits per heavy atom.